The van der Waals surface area contributed by atoms with E-state index in [0.717, 1.165) is 12.8 Å². The van der Waals surface area contributed by atoms with Gasteiger partial charge in [0.15, 0.2) is 0 Å². The number of rotatable bonds is 0. The Kier molecular flexibility index (Phi) is 2.05. The molecule has 0 aromatic heterocycles. The van der Waals surface area contributed by atoms with Gasteiger partial charge in [-0.1, -0.05) is 0 Å². The molecule has 1 unspecified atom stereocenters. The molecule has 1 aliphatic rings. The summed E-state index contributed by atoms with van der Waals surface area (Å²) in [6.07, 6.45) is 1.17. The molecule has 0 bridgehead atoms. The van der Waals surface area contributed by atoms with Gasteiger partial charge in [-0.15, -0.1) is 0 Å². The lowest BCUT2D eigenvalue weighted by molar-refractivity contribution is -0.0205. The second kappa shape index (κ2) is 2.64. The highest BCUT2D eigenvalue weighted by Crippen LogP contribution is 2.16. The van der Waals surface area contributed by atoms with Gasteiger partial charge in [0.05, 0.1) is 12.2 Å². The Balaban J connectivity index is 2.41. The minimum atomic E-state index is -0.696. The summed E-state index contributed by atoms with van der Waals surface area (Å²) in [6, 6.07) is -0.214. The Hall–Kier alpha value is -0.120. The summed E-state index contributed by atoms with van der Waals surface area (Å²) < 4.78 is 0. The van der Waals surface area contributed by atoms with Crippen LogP contribution in [0.25, 0.3) is 0 Å². The van der Waals surface area contributed by atoms with Crippen molar-refractivity contribution in [2.45, 2.75) is 37.5 Å². The van der Waals surface area contributed by atoms with Crippen LogP contribution in [-0.4, -0.2) is 28.5 Å². The van der Waals surface area contributed by atoms with E-state index < -0.39 is 12.2 Å². The molecule has 9 heavy (non-hydrogen) atoms. The van der Waals surface area contributed by atoms with E-state index in [-0.39, 0.29) is 6.04 Å². The molecule has 1 aliphatic carbocycles. The Morgan fingerprint density at radius 2 is 1.89 bits per heavy atom. The Morgan fingerprint density at radius 1 is 1.22 bits per heavy atom. The molecule has 3 nitrogen and oxygen atoms in total. The zero-order valence-corrected chi connectivity index (χ0v) is 5.33. The van der Waals surface area contributed by atoms with Crippen molar-refractivity contribution in [3.05, 3.63) is 0 Å². The zero-order valence-electron chi connectivity index (χ0n) is 5.33. The van der Waals surface area contributed by atoms with Crippen molar-refractivity contribution in [3.8, 4) is 0 Å². The highest BCUT2D eigenvalue weighted by molar-refractivity contribution is 4.83. The van der Waals surface area contributed by atoms with Crippen molar-refractivity contribution >= 4 is 0 Å². The minimum absolute atomic E-state index is 0.214. The van der Waals surface area contributed by atoms with Crippen LogP contribution in [-0.2, 0) is 0 Å². The fourth-order valence-electron chi connectivity index (χ4n) is 1.19. The summed E-state index contributed by atoms with van der Waals surface area (Å²) in [4.78, 5) is 0. The van der Waals surface area contributed by atoms with Crippen LogP contribution in [0.2, 0.25) is 0 Å². The largest absolute Gasteiger partial charge is 0.390 e. The fraction of sp³-hybridized carbons (Fsp3) is 1.00. The summed E-state index contributed by atoms with van der Waals surface area (Å²) in [5.74, 6) is 0. The van der Waals surface area contributed by atoms with Gasteiger partial charge in [-0.05, 0) is 19.3 Å². The topological polar surface area (TPSA) is 66.5 Å². The molecule has 0 radical (unpaired) electrons. The van der Waals surface area contributed by atoms with Gasteiger partial charge in [-0.3, -0.25) is 0 Å². The fourth-order valence-corrected chi connectivity index (χ4v) is 1.19. The SMILES string of the molecule is N[C@H]1CCC[C@@H](O)C1O. The lowest BCUT2D eigenvalue weighted by Crippen LogP contribution is -2.46. The molecule has 0 saturated heterocycles. The lowest BCUT2D eigenvalue weighted by atomic mass is 9.91. The van der Waals surface area contributed by atoms with Crippen LogP contribution in [0.15, 0.2) is 0 Å². The third-order valence-corrected chi connectivity index (χ3v) is 1.87. The van der Waals surface area contributed by atoms with Crippen molar-refractivity contribution in [1.29, 1.82) is 0 Å². The highest BCUT2D eigenvalue weighted by atomic mass is 16.3. The smallest absolute Gasteiger partial charge is 0.0949 e. The molecule has 0 heterocycles. The molecule has 0 aromatic carbocycles. The quantitative estimate of drug-likeness (QED) is 0.404. The first-order valence-electron chi connectivity index (χ1n) is 3.33. The molecule has 3 atom stereocenters. The number of hydrogen-bond acceptors (Lipinski definition) is 3. The third kappa shape index (κ3) is 1.41. The summed E-state index contributed by atoms with van der Waals surface area (Å²) in [5, 5.41) is 18.1. The van der Waals surface area contributed by atoms with Crippen LogP contribution in [0, 0.1) is 0 Å². The van der Waals surface area contributed by atoms with E-state index in [1.165, 1.54) is 0 Å². The van der Waals surface area contributed by atoms with E-state index >= 15 is 0 Å². The molecule has 54 valence electrons. The molecule has 1 rings (SSSR count). The number of aliphatic hydroxyl groups excluding tert-OH is 2. The second-order valence-corrected chi connectivity index (χ2v) is 2.65. The third-order valence-electron chi connectivity index (χ3n) is 1.87. The first-order valence-corrected chi connectivity index (χ1v) is 3.33. The lowest BCUT2D eigenvalue weighted by Gasteiger charge is -2.28. The van der Waals surface area contributed by atoms with Crippen molar-refractivity contribution in [1.82, 2.24) is 0 Å². The van der Waals surface area contributed by atoms with E-state index in [1.807, 2.05) is 0 Å². The summed E-state index contributed by atoms with van der Waals surface area (Å²) in [5.41, 5.74) is 5.46. The second-order valence-electron chi connectivity index (χ2n) is 2.65. The molecule has 4 N–H and O–H groups in total. The van der Waals surface area contributed by atoms with Crippen LogP contribution in [0.4, 0.5) is 0 Å². The Morgan fingerprint density at radius 3 is 2.33 bits per heavy atom. The van der Waals surface area contributed by atoms with Gasteiger partial charge in [-0.2, -0.15) is 0 Å². The van der Waals surface area contributed by atoms with Gasteiger partial charge < -0.3 is 15.9 Å². The molecular formula is C6H13NO2. The Labute approximate surface area is 54.5 Å². The molecular weight excluding hydrogens is 118 g/mol. The number of hydrogen-bond donors (Lipinski definition) is 3. The number of nitrogens with two attached hydrogens (primary N) is 1. The van der Waals surface area contributed by atoms with Gasteiger partial charge in [0, 0.05) is 6.04 Å². The first kappa shape index (κ1) is 6.99. The predicted octanol–water partition coefficient (Wildman–Crippen LogP) is -0.781. The molecule has 0 amide bonds. The van der Waals surface area contributed by atoms with E-state index in [9.17, 15) is 0 Å². The first-order chi connectivity index (χ1) is 4.22. The van der Waals surface area contributed by atoms with Crippen LogP contribution in [0.5, 0.6) is 0 Å². The maximum atomic E-state index is 9.07. The van der Waals surface area contributed by atoms with Crippen molar-refractivity contribution in [2.75, 3.05) is 0 Å². The highest BCUT2D eigenvalue weighted by Gasteiger charge is 2.26. The summed E-state index contributed by atoms with van der Waals surface area (Å²) in [6.45, 7) is 0. The monoisotopic (exact) mass is 131 g/mol. The Bertz CT molecular complexity index is 87.1. The van der Waals surface area contributed by atoms with E-state index in [1.54, 1.807) is 0 Å². The average Bonchev–Trinajstić information content (AvgIpc) is 1.83. The van der Waals surface area contributed by atoms with Crippen LogP contribution >= 0.6 is 0 Å². The van der Waals surface area contributed by atoms with Gasteiger partial charge in [0.2, 0.25) is 0 Å². The molecule has 1 fully saturated rings. The molecule has 0 aromatic rings. The van der Waals surface area contributed by atoms with Gasteiger partial charge in [-0.25, -0.2) is 0 Å². The normalized spacial score (nSPS) is 45.0. The van der Waals surface area contributed by atoms with Gasteiger partial charge >= 0.3 is 0 Å². The average molecular weight is 131 g/mol. The molecule has 0 aliphatic heterocycles. The molecule has 0 spiro atoms. The summed E-state index contributed by atoms with van der Waals surface area (Å²) in [7, 11) is 0. The maximum Gasteiger partial charge on any atom is 0.0949 e. The van der Waals surface area contributed by atoms with Crippen LogP contribution in [0.3, 0.4) is 0 Å². The van der Waals surface area contributed by atoms with Gasteiger partial charge in [0.25, 0.3) is 0 Å². The van der Waals surface area contributed by atoms with Crippen LogP contribution in [0.1, 0.15) is 19.3 Å². The van der Waals surface area contributed by atoms with E-state index in [2.05, 4.69) is 0 Å². The molecule has 3 heteroatoms. The van der Waals surface area contributed by atoms with Crippen molar-refractivity contribution in [3.63, 3.8) is 0 Å². The van der Waals surface area contributed by atoms with Crippen molar-refractivity contribution < 1.29 is 10.2 Å². The number of aliphatic hydroxyl groups is 2. The zero-order chi connectivity index (χ0) is 6.85. The predicted molar refractivity (Wildman–Crippen MR) is 33.8 cm³/mol. The van der Waals surface area contributed by atoms with E-state index in [4.69, 9.17) is 15.9 Å². The summed E-state index contributed by atoms with van der Waals surface area (Å²) >= 11 is 0. The van der Waals surface area contributed by atoms with Gasteiger partial charge in [0.1, 0.15) is 0 Å². The van der Waals surface area contributed by atoms with E-state index in [0.29, 0.717) is 6.42 Å². The maximum absolute atomic E-state index is 9.07. The minimum Gasteiger partial charge on any atom is -0.390 e. The van der Waals surface area contributed by atoms with Crippen LogP contribution < -0.4 is 5.73 Å². The standard InChI is InChI=1S/C6H13NO2/c7-4-2-1-3-5(8)6(4)9/h4-6,8-9H,1-3,7H2/t4-,5+,6?/m0/s1. The van der Waals surface area contributed by atoms with Crippen molar-refractivity contribution in [2.24, 2.45) is 5.73 Å². The molecule has 1 saturated carbocycles.